The van der Waals surface area contributed by atoms with Crippen LogP contribution in [0.1, 0.15) is 85.5 Å². The number of rotatable bonds is 10. The van der Waals surface area contributed by atoms with Crippen LogP contribution in [0.5, 0.6) is 0 Å². The summed E-state index contributed by atoms with van der Waals surface area (Å²) in [5.74, 6) is -1.53. The van der Waals surface area contributed by atoms with E-state index in [-0.39, 0.29) is 24.4 Å². The van der Waals surface area contributed by atoms with Crippen molar-refractivity contribution in [2.45, 2.75) is 117 Å². The van der Waals surface area contributed by atoms with Gasteiger partial charge >= 0.3 is 0 Å². The first-order valence-corrected chi connectivity index (χ1v) is 15.6. The molecule has 0 radical (unpaired) electrons. The minimum Gasteiger partial charge on any atom is -0.406 e. The Morgan fingerprint density at radius 1 is 1.23 bits per heavy atom. The van der Waals surface area contributed by atoms with Gasteiger partial charge in [-0.3, -0.25) is 0 Å². The van der Waals surface area contributed by atoms with Crippen molar-refractivity contribution < 1.29 is 18.3 Å². The van der Waals surface area contributed by atoms with Crippen LogP contribution in [-0.2, 0) is 4.43 Å². The molecule has 0 bridgehead atoms. The maximum atomic E-state index is 15.6. The second-order valence-corrected chi connectivity index (χ2v) is 15.6. The molecule has 2 aliphatic rings. The van der Waals surface area contributed by atoms with Gasteiger partial charge in [-0.05, 0) is 94.2 Å². The number of hydrogen-bond acceptors (Lipinski definition) is 2. The first-order chi connectivity index (χ1) is 13.9. The summed E-state index contributed by atoms with van der Waals surface area (Å²) in [6.07, 6.45) is 8.86. The SMILES string of the molecule is CCC(CC)(O[Si](C)(C)C)C(F)(F)CC[C@@H](C)[C@H]1CC[C@H]2/C(=C/CO)CCC[C@]12C. The Hall–Kier alpha value is -0.263. The topological polar surface area (TPSA) is 29.5 Å². The minimum absolute atomic E-state index is 0.0864. The first kappa shape index (κ1) is 26.0. The summed E-state index contributed by atoms with van der Waals surface area (Å²) in [4.78, 5) is 0. The third-order valence-electron chi connectivity index (χ3n) is 8.30. The van der Waals surface area contributed by atoms with Gasteiger partial charge in [0.25, 0.3) is 5.92 Å². The van der Waals surface area contributed by atoms with Crippen molar-refractivity contribution in [1.82, 2.24) is 0 Å². The smallest absolute Gasteiger partial charge is 0.275 e. The largest absolute Gasteiger partial charge is 0.406 e. The molecule has 0 aromatic heterocycles. The summed E-state index contributed by atoms with van der Waals surface area (Å²) in [5, 5.41) is 9.41. The molecule has 2 saturated carbocycles. The molecule has 0 aromatic carbocycles. The standard InChI is InChI=1S/C25H46F2O2Si/c1-8-24(9-2,29-30(5,6)7)25(26,27)17-14-19(3)21-12-13-22-20(15-18-28)11-10-16-23(21,22)4/h15,19,21-22,28H,8-14,16-18H2,1-7H3/b20-15+/t19-,21-,22+,23-/m1/s1. The number of allylic oxidation sites excluding steroid dienone is 1. The van der Waals surface area contributed by atoms with Gasteiger partial charge in [0.15, 0.2) is 8.32 Å². The monoisotopic (exact) mass is 444 g/mol. The third-order valence-corrected chi connectivity index (χ3v) is 9.31. The zero-order valence-electron chi connectivity index (χ0n) is 20.5. The fraction of sp³-hybridized carbons (Fsp3) is 0.920. The van der Waals surface area contributed by atoms with Crippen LogP contribution in [0, 0.1) is 23.2 Å². The maximum Gasteiger partial charge on any atom is 0.275 e. The average molecular weight is 445 g/mol. The molecule has 5 heteroatoms. The van der Waals surface area contributed by atoms with Crippen molar-refractivity contribution in [1.29, 1.82) is 0 Å². The van der Waals surface area contributed by atoms with Crippen molar-refractivity contribution in [3.8, 4) is 0 Å². The van der Waals surface area contributed by atoms with Crippen molar-refractivity contribution >= 4 is 8.32 Å². The fourth-order valence-electron chi connectivity index (χ4n) is 6.79. The van der Waals surface area contributed by atoms with Gasteiger partial charge in [-0.2, -0.15) is 0 Å². The second-order valence-electron chi connectivity index (χ2n) is 11.2. The van der Waals surface area contributed by atoms with Gasteiger partial charge in [-0.25, -0.2) is 8.78 Å². The van der Waals surface area contributed by atoms with Crippen LogP contribution < -0.4 is 0 Å². The summed E-state index contributed by atoms with van der Waals surface area (Å²) in [6, 6.07) is 0. The van der Waals surface area contributed by atoms with E-state index >= 15 is 8.78 Å². The van der Waals surface area contributed by atoms with E-state index in [4.69, 9.17) is 4.43 Å². The number of hydrogen-bond donors (Lipinski definition) is 1. The summed E-state index contributed by atoms with van der Waals surface area (Å²) in [6.45, 7) is 14.4. The highest BCUT2D eigenvalue weighted by atomic mass is 28.4. The molecule has 0 amide bonds. The molecule has 176 valence electrons. The number of alkyl halides is 2. The molecule has 4 atom stereocenters. The zero-order valence-corrected chi connectivity index (χ0v) is 21.5. The fourth-order valence-corrected chi connectivity index (χ4v) is 8.40. The van der Waals surface area contributed by atoms with Gasteiger partial charge in [0.05, 0.1) is 6.61 Å². The molecule has 0 heterocycles. The highest BCUT2D eigenvalue weighted by molar-refractivity contribution is 6.69. The predicted molar refractivity (Wildman–Crippen MR) is 124 cm³/mol. The predicted octanol–water partition coefficient (Wildman–Crippen LogP) is 7.58. The Morgan fingerprint density at radius 2 is 1.87 bits per heavy atom. The molecule has 2 aliphatic carbocycles. The quantitative estimate of drug-likeness (QED) is 0.278. The maximum absolute atomic E-state index is 15.6. The van der Waals surface area contributed by atoms with Gasteiger partial charge in [0.2, 0.25) is 0 Å². The number of fused-ring (bicyclic) bond motifs is 1. The van der Waals surface area contributed by atoms with Crippen LogP contribution in [0.15, 0.2) is 11.6 Å². The summed E-state index contributed by atoms with van der Waals surface area (Å²) >= 11 is 0. The van der Waals surface area contributed by atoms with Gasteiger partial charge in [-0.1, -0.05) is 39.3 Å². The number of halogens is 2. The first-order valence-electron chi connectivity index (χ1n) is 12.2. The van der Waals surface area contributed by atoms with Crippen LogP contribution >= 0.6 is 0 Å². The average Bonchev–Trinajstić information content (AvgIpc) is 3.01. The van der Waals surface area contributed by atoms with Gasteiger partial charge in [-0.15, -0.1) is 0 Å². The Kier molecular flexibility index (Phi) is 8.41. The number of aliphatic hydroxyl groups excluding tert-OH is 1. The van der Waals surface area contributed by atoms with Gasteiger partial charge in [0, 0.05) is 6.42 Å². The van der Waals surface area contributed by atoms with E-state index in [1.807, 2.05) is 39.6 Å². The molecule has 0 aliphatic heterocycles. The molecule has 0 aromatic rings. The van der Waals surface area contributed by atoms with Crippen molar-refractivity contribution in [2.75, 3.05) is 6.61 Å². The molecular formula is C25H46F2O2Si. The van der Waals surface area contributed by atoms with E-state index < -0.39 is 19.8 Å². The van der Waals surface area contributed by atoms with Crippen LogP contribution in [0.25, 0.3) is 0 Å². The van der Waals surface area contributed by atoms with E-state index in [1.54, 1.807) is 0 Å². The highest BCUT2D eigenvalue weighted by Gasteiger charge is 2.55. The van der Waals surface area contributed by atoms with Crippen LogP contribution in [0.4, 0.5) is 8.78 Å². The van der Waals surface area contributed by atoms with Crippen molar-refractivity contribution in [3.05, 3.63) is 11.6 Å². The lowest BCUT2D eigenvalue weighted by Crippen LogP contribution is -2.54. The van der Waals surface area contributed by atoms with E-state index in [0.29, 0.717) is 31.1 Å². The summed E-state index contributed by atoms with van der Waals surface area (Å²) < 4.78 is 37.3. The van der Waals surface area contributed by atoms with E-state index in [1.165, 1.54) is 12.0 Å². The molecule has 30 heavy (non-hydrogen) atoms. The lowest BCUT2D eigenvalue weighted by Gasteiger charge is -2.46. The van der Waals surface area contributed by atoms with Crippen LogP contribution in [0.2, 0.25) is 19.6 Å². The van der Waals surface area contributed by atoms with E-state index in [2.05, 4.69) is 13.8 Å². The van der Waals surface area contributed by atoms with E-state index in [9.17, 15) is 5.11 Å². The molecule has 0 unspecified atom stereocenters. The molecule has 1 N–H and O–H groups in total. The number of aliphatic hydroxyl groups is 1. The van der Waals surface area contributed by atoms with Crippen LogP contribution in [0.3, 0.4) is 0 Å². The highest BCUT2D eigenvalue weighted by Crippen LogP contribution is 2.60. The van der Waals surface area contributed by atoms with Crippen molar-refractivity contribution in [2.24, 2.45) is 23.2 Å². The minimum atomic E-state index is -2.81. The normalized spacial score (nSPS) is 30.5. The molecular weight excluding hydrogens is 398 g/mol. The second kappa shape index (κ2) is 9.70. The Balaban J connectivity index is 2.12. The summed E-state index contributed by atoms with van der Waals surface area (Å²) in [5.41, 5.74) is 0.266. The van der Waals surface area contributed by atoms with Crippen molar-refractivity contribution in [3.63, 3.8) is 0 Å². The molecule has 2 nitrogen and oxygen atoms in total. The van der Waals surface area contributed by atoms with Gasteiger partial charge in [0.1, 0.15) is 5.60 Å². The Labute approximate surface area is 185 Å². The third kappa shape index (κ3) is 5.20. The van der Waals surface area contributed by atoms with Gasteiger partial charge < -0.3 is 9.53 Å². The zero-order chi connectivity index (χ0) is 22.8. The summed E-state index contributed by atoms with van der Waals surface area (Å²) in [7, 11) is -2.08. The Morgan fingerprint density at radius 3 is 2.40 bits per heavy atom. The van der Waals surface area contributed by atoms with E-state index in [0.717, 1.165) is 25.7 Å². The molecule has 2 fully saturated rings. The van der Waals surface area contributed by atoms with Crippen LogP contribution in [-0.4, -0.2) is 31.6 Å². The lowest BCUT2D eigenvalue weighted by atomic mass is 9.60. The molecule has 0 saturated heterocycles. The lowest BCUT2D eigenvalue weighted by molar-refractivity contribution is -0.180. The molecule has 0 spiro atoms. The Bertz CT molecular complexity index is 594. The molecule has 2 rings (SSSR count).